The number of pyridine rings is 1. The van der Waals surface area contributed by atoms with Crippen LogP contribution in [0.1, 0.15) is 27.0 Å². The highest BCUT2D eigenvalue weighted by Crippen LogP contribution is 2.19. The van der Waals surface area contributed by atoms with Gasteiger partial charge in [-0.25, -0.2) is 0 Å². The highest BCUT2D eigenvalue weighted by atomic mass is 79.9. The fourth-order valence-corrected chi connectivity index (χ4v) is 3.23. The van der Waals surface area contributed by atoms with E-state index in [1.165, 1.54) is 0 Å². The van der Waals surface area contributed by atoms with Gasteiger partial charge in [0.1, 0.15) is 0 Å². The van der Waals surface area contributed by atoms with Gasteiger partial charge in [-0.1, -0.05) is 18.2 Å². The number of aromatic amines is 1. The second-order valence-corrected chi connectivity index (χ2v) is 6.68. The van der Waals surface area contributed by atoms with E-state index in [9.17, 15) is 9.59 Å². The molecule has 0 spiro atoms. The molecule has 0 fully saturated rings. The number of halogens is 1. The Balaban J connectivity index is 1.88. The smallest absolute Gasteiger partial charge is 0.253 e. The van der Waals surface area contributed by atoms with Crippen molar-refractivity contribution >= 4 is 32.7 Å². The van der Waals surface area contributed by atoms with Gasteiger partial charge in [-0.05, 0) is 65.2 Å². The first-order valence-corrected chi connectivity index (χ1v) is 8.41. The SMILES string of the molecule is Cc1cc(C)c2cc(CNC(=O)c3ccccc3Br)c(=O)[nH]c2c1. The molecule has 2 aromatic carbocycles. The van der Waals surface area contributed by atoms with Gasteiger partial charge in [0.15, 0.2) is 0 Å². The molecule has 24 heavy (non-hydrogen) atoms. The van der Waals surface area contributed by atoms with Crippen LogP contribution in [-0.2, 0) is 6.54 Å². The molecule has 0 aliphatic heterocycles. The number of benzene rings is 2. The molecule has 5 heteroatoms. The van der Waals surface area contributed by atoms with Crippen molar-refractivity contribution in [3.8, 4) is 0 Å². The molecular formula is C19H17BrN2O2. The molecular weight excluding hydrogens is 368 g/mol. The fourth-order valence-electron chi connectivity index (χ4n) is 2.76. The van der Waals surface area contributed by atoms with Gasteiger partial charge in [0.2, 0.25) is 0 Å². The van der Waals surface area contributed by atoms with Crippen LogP contribution in [0.15, 0.2) is 51.7 Å². The van der Waals surface area contributed by atoms with Crippen molar-refractivity contribution in [1.29, 1.82) is 0 Å². The van der Waals surface area contributed by atoms with Crippen molar-refractivity contribution < 1.29 is 4.79 Å². The standard InChI is InChI=1S/C19H17BrN2O2/c1-11-7-12(2)15-9-13(18(23)22-17(15)8-11)10-21-19(24)14-5-3-4-6-16(14)20/h3-9H,10H2,1-2H3,(H,21,24)(H,22,23). The number of H-pyrrole nitrogens is 1. The summed E-state index contributed by atoms with van der Waals surface area (Å²) in [5.41, 5.74) is 3.92. The maximum absolute atomic E-state index is 12.3. The molecule has 3 rings (SSSR count). The lowest BCUT2D eigenvalue weighted by atomic mass is 10.0. The van der Waals surface area contributed by atoms with E-state index in [1.807, 2.05) is 38.1 Å². The Morgan fingerprint density at radius 1 is 1.17 bits per heavy atom. The first-order valence-electron chi connectivity index (χ1n) is 7.61. The molecule has 1 aromatic heterocycles. The summed E-state index contributed by atoms with van der Waals surface area (Å²) < 4.78 is 0.723. The van der Waals surface area contributed by atoms with Gasteiger partial charge in [-0.3, -0.25) is 9.59 Å². The zero-order valence-electron chi connectivity index (χ0n) is 13.4. The summed E-state index contributed by atoms with van der Waals surface area (Å²) in [4.78, 5) is 27.4. The Bertz CT molecular complexity index is 992. The molecule has 0 atom stereocenters. The average molecular weight is 385 g/mol. The summed E-state index contributed by atoms with van der Waals surface area (Å²) in [5.74, 6) is -0.220. The van der Waals surface area contributed by atoms with E-state index in [0.717, 1.165) is 26.5 Å². The lowest BCUT2D eigenvalue weighted by Gasteiger charge is -2.09. The van der Waals surface area contributed by atoms with E-state index in [0.29, 0.717) is 11.1 Å². The molecule has 0 saturated heterocycles. The van der Waals surface area contributed by atoms with Gasteiger partial charge in [-0.2, -0.15) is 0 Å². The number of amides is 1. The lowest BCUT2D eigenvalue weighted by molar-refractivity contribution is 0.0950. The van der Waals surface area contributed by atoms with Gasteiger partial charge in [0.25, 0.3) is 11.5 Å². The van der Waals surface area contributed by atoms with Crippen LogP contribution in [0.4, 0.5) is 0 Å². The third kappa shape index (κ3) is 3.26. The number of rotatable bonds is 3. The quantitative estimate of drug-likeness (QED) is 0.720. The molecule has 3 aromatic rings. The molecule has 2 N–H and O–H groups in total. The maximum Gasteiger partial charge on any atom is 0.253 e. The summed E-state index contributed by atoms with van der Waals surface area (Å²) in [6.07, 6.45) is 0. The minimum absolute atomic E-state index is 0.179. The van der Waals surface area contributed by atoms with Gasteiger partial charge >= 0.3 is 0 Å². The molecule has 0 aliphatic carbocycles. The van der Waals surface area contributed by atoms with Crippen LogP contribution in [0.25, 0.3) is 10.9 Å². The molecule has 4 nitrogen and oxygen atoms in total. The van der Waals surface area contributed by atoms with Crippen molar-refractivity contribution in [2.24, 2.45) is 0 Å². The first kappa shape index (κ1) is 16.5. The van der Waals surface area contributed by atoms with Crippen molar-refractivity contribution in [2.75, 3.05) is 0 Å². The summed E-state index contributed by atoms with van der Waals surface area (Å²) >= 11 is 3.36. The lowest BCUT2D eigenvalue weighted by Crippen LogP contribution is -2.27. The number of carbonyl (C=O) groups excluding carboxylic acids is 1. The Morgan fingerprint density at radius 3 is 2.67 bits per heavy atom. The van der Waals surface area contributed by atoms with Crippen molar-refractivity contribution in [1.82, 2.24) is 10.3 Å². The molecule has 122 valence electrons. The number of fused-ring (bicyclic) bond motifs is 1. The van der Waals surface area contributed by atoms with Crippen LogP contribution in [0.2, 0.25) is 0 Å². The Morgan fingerprint density at radius 2 is 1.92 bits per heavy atom. The molecule has 1 heterocycles. The highest BCUT2D eigenvalue weighted by Gasteiger charge is 2.11. The largest absolute Gasteiger partial charge is 0.348 e. The summed E-state index contributed by atoms with van der Waals surface area (Å²) in [6.45, 7) is 4.19. The van der Waals surface area contributed by atoms with Crippen LogP contribution < -0.4 is 10.9 Å². The first-order chi connectivity index (χ1) is 11.5. The number of hydrogen-bond acceptors (Lipinski definition) is 2. The van der Waals surface area contributed by atoms with Crippen molar-refractivity contribution in [3.05, 3.63) is 79.5 Å². The summed E-state index contributed by atoms with van der Waals surface area (Å²) in [6, 6.07) is 13.1. The van der Waals surface area contributed by atoms with E-state index >= 15 is 0 Å². The number of nitrogens with one attached hydrogen (secondary N) is 2. The van der Waals surface area contributed by atoms with E-state index in [-0.39, 0.29) is 18.0 Å². The maximum atomic E-state index is 12.3. The Hall–Kier alpha value is -2.40. The molecule has 0 unspecified atom stereocenters. The number of hydrogen-bond donors (Lipinski definition) is 2. The average Bonchev–Trinajstić information content (AvgIpc) is 2.53. The third-order valence-electron chi connectivity index (χ3n) is 3.95. The van der Waals surface area contributed by atoms with Gasteiger partial charge < -0.3 is 10.3 Å². The summed E-state index contributed by atoms with van der Waals surface area (Å²) in [7, 11) is 0. The minimum Gasteiger partial charge on any atom is -0.348 e. The molecule has 0 saturated carbocycles. The Labute approximate surface area is 148 Å². The van der Waals surface area contributed by atoms with Gasteiger partial charge in [0.05, 0.1) is 5.56 Å². The molecule has 0 bridgehead atoms. The van der Waals surface area contributed by atoms with Crippen molar-refractivity contribution in [3.63, 3.8) is 0 Å². The van der Waals surface area contributed by atoms with Crippen LogP contribution in [-0.4, -0.2) is 10.9 Å². The second-order valence-electron chi connectivity index (χ2n) is 5.83. The van der Waals surface area contributed by atoms with Crippen LogP contribution in [0.5, 0.6) is 0 Å². The predicted molar refractivity (Wildman–Crippen MR) is 99.4 cm³/mol. The number of aromatic nitrogens is 1. The second kappa shape index (κ2) is 6.61. The monoisotopic (exact) mass is 384 g/mol. The number of aryl methyl sites for hydroxylation is 2. The van der Waals surface area contributed by atoms with E-state index < -0.39 is 0 Å². The van der Waals surface area contributed by atoms with Crippen molar-refractivity contribution in [2.45, 2.75) is 20.4 Å². The van der Waals surface area contributed by atoms with Crippen LogP contribution in [0.3, 0.4) is 0 Å². The van der Waals surface area contributed by atoms with Gasteiger partial charge in [0, 0.05) is 27.5 Å². The molecule has 0 radical (unpaired) electrons. The fraction of sp³-hybridized carbons (Fsp3) is 0.158. The summed E-state index contributed by atoms with van der Waals surface area (Å²) in [5, 5.41) is 3.79. The topological polar surface area (TPSA) is 62.0 Å². The highest BCUT2D eigenvalue weighted by molar-refractivity contribution is 9.10. The van der Waals surface area contributed by atoms with Crippen LogP contribution in [0, 0.1) is 13.8 Å². The zero-order chi connectivity index (χ0) is 17.3. The number of carbonyl (C=O) groups is 1. The normalized spacial score (nSPS) is 10.8. The van der Waals surface area contributed by atoms with E-state index in [4.69, 9.17) is 0 Å². The van der Waals surface area contributed by atoms with E-state index in [1.54, 1.807) is 12.1 Å². The molecule has 0 aliphatic rings. The third-order valence-corrected chi connectivity index (χ3v) is 4.64. The van der Waals surface area contributed by atoms with Crippen LogP contribution >= 0.6 is 15.9 Å². The van der Waals surface area contributed by atoms with E-state index in [2.05, 4.69) is 32.3 Å². The minimum atomic E-state index is -0.220. The molecule has 1 amide bonds. The zero-order valence-corrected chi connectivity index (χ0v) is 15.0. The predicted octanol–water partition coefficient (Wildman–Crippen LogP) is 3.84. The Kier molecular flexibility index (Phi) is 4.53. The van der Waals surface area contributed by atoms with Gasteiger partial charge in [-0.15, -0.1) is 0 Å².